The maximum atomic E-state index is 4.10. The van der Waals surface area contributed by atoms with Gasteiger partial charge < -0.3 is 0 Å². The van der Waals surface area contributed by atoms with E-state index < -0.39 is 0 Å². The molecule has 0 aliphatic carbocycles. The van der Waals surface area contributed by atoms with Crippen molar-refractivity contribution in [3.05, 3.63) is 24.0 Å². The third-order valence-electron chi connectivity index (χ3n) is 2.34. The lowest BCUT2D eigenvalue weighted by Gasteiger charge is -2.25. The van der Waals surface area contributed by atoms with Gasteiger partial charge in [-0.1, -0.05) is 27.7 Å². The molecule has 0 radical (unpaired) electrons. The Morgan fingerprint density at radius 2 is 2.00 bits per heavy atom. The summed E-state index contributed by atoms with van der Waals surface area (Å²) in [6.45, 7) is 8.83. The van der Waals surface area contributed by atoms with Crippen molar-refractivity contribution in [2.75, 3.05) is 0 Å². The van der Waals surface area contributed by atoms with Crippen LogP contribution in [0.25, 0.3) is 0 Å². The van der Waals surface area contributed by atoms with E-state index in [1.54, 1.807) is 6.20 Å². The second kappa shape index (κ2) is 3.21. The maximum absolute atomic E-state index is 4.10. The van der Waals surface area contributed by atoms with Gasteiger partial charge in [-0.2, -0.15) is 10.2 Å². The number of aromatic nitrogens is 2. The van der Waals surface area contributed by atoms with Gasteiger partial charge in [-0.25, -0.2) is 0 Å². The summed E-state index contributed by atoms with van der Waals surface area (Å²) < 4.78 is 0. The minimum absolute atomic E-state index is 0.260. The third kappa shape index (κ3) is 2.03. The molecule has 0 saturated carbocycles. The van der Waals surface area contributed by atoms with E-state index in [9.17, 15) is 0 Å². The van der Waals surface area contributed by atoms with Crippen LogP contribution in [0.2, 0.25) is 0 Å². The van der Waals surface area contributed by atoms with Crippen LogP contribution in [0, 0.1) is 5.41 Å². The largest absolute Gasteiger partial charge is 0.159 e. The molecule has 0 aliphatic heterocycles. The summed E-state index contributed by atoms with van der Waals surface area (Å²) in [4.78, 5) is 0. The first kappa shape index (κ1) is 9.17. The fourth-order valence-corrected chi connectivity index (χ4v) is 0.988. The first-order valence-electron chi connectivity index (χ1n) is 4.29. The Labute approximate surface area is 74.0 Å². The van der Waals surface area contributed by atoms with Crippen molar-refractivity contribution in [3.63, 3.8) is 0 Å². The zero-order valence-corrected chi connectivity index (χ0v) is 8.20. The smallest absolute Gasteiger partial charge is 0.0664 e. The monoisotopic (exact) mass is 164 g/mol. The summed E-state index contributed by atoms with van der Waals surface area (Å²) in [5.41, 5.74) is 1.33. The molecule has 0 spiro atoms. The van der Waals surface area contributed by atoms with Crippen LogP contribution in [-0.2, 0) is 0 Å². The van der Waals surface area contributed by atoms with E-state index in [2.05, 4.69) is 37.9 Å². The summed E-state index contributed by atoms with van der Waals surface area (Å²) in [5.74, 6) is 0.450. The SMILES string of the molecule is CC(c1cccnn1)C(C)(C)C. The first-order valence-corrected chi connectivity index (χ1v) is 4.29. The fourth-order valence-electron chi connectivity index (χ4n) is 0.988. The molecule has 1 aromatic heterocycles. The van der Waals surface area contributed by atoms with Crippen LogP contribution in [0.1, 0.15) is 39.3 Å². The van der Waals surface area contributed by atoms with E-state index in [0.717, 1.165) is 5.69 Å². The van der Waals surface area contributed by atoms with Gasteiger partial charge in [0.2, 0.25) is 0 Å². The number of rotatable bonds is 1. The van der Waals surface area contributed by atoms with Crippen molar-refractivity contribution >= 4 is 0 Å². The molecular weight excluding hydrogens is 148 g/mol. The Hall–Kier alpha value is -0.920. The highest BCUT2D eigenvalue weighted by atomic mass is 15.1. The average Bonchev–Trinajstić information content (AvgIpc) is 2.03. The maximum Gasteiger partial charge on any atom is 0.0664 e. The molecule has 1 aromatic rings. The minimum Gasteiger partial charge on any atom is -0.159 e. The molecule has 0 bridgehead atoms. The van der Waals surface area contributed by atoms with Gasteiger partial charge in [0.1, 0.15) is 0 Å². The molecule has 0 aliphatic rings. The van der Waals surface area contributed by atoms with Gasteiger partial charge in [0.15, 0.2) is 0 Å². The lowest BCUT2D eigenvalue weighted by atomic mass is 9.80. The Morgan fingerprint density at radius 3 is 2.42 bits per heavy atom. The molecule has 2 heteroatoms. The van der Waals surface area contributed by atoms with Crippen LogP contribution in [-0.4, -0.2) is 10.2 Å². The summed E-state index contributed by atoms with van der Waals surface area (Å²) in [7, 11) is 0. The van der Waals surface area contributed by atoms with Gasteiger partial charge in [0, 0.05) is 12.1 Å². The molecular formula is C10H16N2. The third-order valence-corrected chi connectivity index (χ3v) is 2.34. The van der Waals surface area contributed by atoms with Gasteiger partial charge in [-0.05, 0) is 17.5 Å². The Bertz CT molecular complexity index is 236. The summed E-state index contributed by atoms with van der Waals surface area (Å²) in [6, 6.07) is 3.97. The molecule has 2 nitrogen and oxygen atoms in total. The molecule has 1 unspecified atom stereocenters. The Balaban J connectivity index is 2.86. The Kier molecular flexibility index (Phi) is 2.46. The first-order chi connectivity index (χ1) is 5.52. The molecule has 0 aromatic carbocycles. The second-order valence-electron chi connectivity index (χ2n) is 4.24. The molecule has 0 saturated heterocycles. The molecule has 12 heavy (non-hydrogen) atoms. The highest BCUT2D eigenvalue weighted by Crippen LogP contribution is 2.32. The predicted octanol–water partition coefficient (Wildman–Crippen LogP) is 2.63. The average molecular weight is 164 g/mol. The highest BCUT2D eigenvalue weighted by molar-refractivity contribution is 5.07. The quantitative estimate of drug-likeness (QED) is 0.637. The normalized spacial score (nSPS) is 14.3. The number of nitrogens with zero attached hydrogens (tertiary/aromatic N) is 2. The summed E-state index contributed by atoms with van der Waals surface area (Å²) in [5, 5.41) is 7.96. The Morgan fingerprint density at radius 1 is 1.33 bits per heavy atom. The summed E-state index contributed by atoms with van der Waals surface area (Å²) >= 11 is 0. The van der Waals surface area contributed by atoms with Gasteiger partial charge in [0.25, 0.3) is 0 Å². The lowest BCUT2D eigenvalue weighted by molar-refractivity contribution is 0.332. The van der Waals surface area contributed by atoms with Crippen molar-refractivity contribution in [2.45, 2.75) is 33.6 Å². The van der Waals surface area contributed by atoms with Gasteiger partial charge in [0.05, 0.1) is 5.69 Å². The van der Waals surface area contributed by atoms with E-state index >= 15 is 0 Å². The topological polar surface area (TPSA) is 25.8 Å². The molecule has 0 fully saturated rings. The van der Waals surface area contributed by atoms with Crippen molar-refractivity contribution in [1.29, 1.82) is 0 Å². The van der Waals surface area contributed by atoms with E-state index in [4.69, 9.17) is 0 Å². The van der Waals surface area contributed by atoms with E-state index in [1.807, 2.05) is 12.1 Å². The van der Waals surface area contributed by atoms with Crippen LogP contribution in [0.3, 0.4) is 0 Å². The lowest BCUT2D eigenvalue weighted by Crippen LogP contribution is -2.16. The number of hydrogen-bond donors (Lipinski definition) is 0. The van der Waals surface area contributed by atoms with Crippen molar-refractivity contribution < 1.29 is 0 Å². The predicted molar refractivity (Wildman–Crippen MR) is 49.9 cm³/mol. The molecule has 1 atom stereocenters. The van der Waals surface area contributed by atoms with E-state index in [0.29, 0.717) is 5.92 Å². The van der Waals surface area contributed by atoms with E-state index in [-0.39, 0.29) is 5.41 Å². The molecule has 0 N–H and O–H groups in total. The van der Waals surface area contributed by atoms with Crippen LogP contribution in [0.4, 0.5) is 0 Å². The minimum atomic E-state index is 0.260. The zero-order valence-electron chi connectivity index (χ0n) is 8.20. The fraction of sp³-hybridized carbons (Fsp3) is 0.600. The molecule has 0 amide bonds. The number of hydrogen-bond acceptors (Lipinski definition) is 2. The van der Waals surface area contributed by atoms with Crippen molar-refractivity contribution in [2.24, 2.45) is 5.41 Å². The summed E-state index contributed by atoms with van der Waals surface area (Å²) in [6.07, 6.45) is 1.71. The van der Waals surface area contributed by atoms with Crippen LogP contribution in [0.5, 0.6) is 0 Å². The van der Waals surface area contributed by atoms with Crippen molar-refractivity contribution in [3.8, 4) is 0 Å². The zero-order chi connectivity index (χ0) is 9.19. The molecule has 66 valence electrons. The van der Waals surface area contributed by atoms with Crippen molar-refractivity contribution in [1.82, 2.24) is 10.2 Å². The van der Waals surface area contributed by atoms with Gasteiger partial charge in [-0.15, -0.1) is 0 Å². The molecule has 1 heterocycles. The van der Waals surface area contributed by atoms with Gasteiger partial charge in [-0.3, -0.25) is 0 Å². The standard InChI is InChI=1S/C10H16N2/c1-8(10(2,3)4)9-6-5-7-11-12-9/h5-8H,1-4H3. The van der Waals surface area contributed by atoms with Crippen LogP contribution >= 0.6 is 0 Å². The molecule has 1 rings (SSSR count). The second-order valence-corrected chi connectivity index (χ2v) is 4.24. The van der Waals surface area contributed by atoms with Crippen LogP contribution < -0.4 is 0 Å². The highest BCUT2D eigenvalue weighted by Gasteiger charge is 2.22. The van der Waals surface area contributed by atoms with Crippen LogP contribution in [0.15, 0.2) is 18.3 Å². The van der Waals surface area contributed by atoms with Gasteiger partial charge >= 0.3 is 0 Å². The van der Waals surface area contributed by atoms with E-state index in [1.165, 1.54) is 0 Å².